The quantitative estimate of drug-likeness (QED) is 0.411. The summed E-state index contributed by atoms with van der Waals surface area (Å²) in [6.07, 6.45) is 1.62. The van der Waals surface area contributed by atoms with Crippen LogP contribution < -0.4 is 29.4 Å². The molecule has 0 N–H and O–H groups in total. The monoisotopic (exact) mass is 560 g/mol. The Labute approximate surface area is 234 Å². The average molecular weight is 561 g/mol. The predicted molar refractivity (Wildman–Crippen MR) is 151 cm³/mol. The number of fused-ring (bicyclic) bond motifs is 1. The number of aromatic nitrogens is 1. The Morgan fingerprint density at radius 3 is 2.50 bits per heavy atom. The summed E-state index contributed by atoms with van der Waals surface area (Å²) >= 11 is 1.15. The molecule has 0 spiro atoms. The Morgan fingerprint density at radius 2 is 1.82 bits per heavy atom. The van der Waals surface area contributed by atoms with Crippen LogP contribution in [0.25, 0.3) is 6.08 Å². The third-order valence-corrected chi connectivity index (χ3v) is 7.75. The van der Waals surface area contributed by atoms with Crippen LogP contribution in [0.3, 0.4) is 0 Å². The van der Waals surface area contributed by atoms with Gasteiger partial charge in [-0.1, -0.05) is 29.5 Å². The largest absolute Gasteiger partial charge is 0.497 e. The van der Waals surface area contributed by atoms with Crippen LogP contribution >= 0.6 is 11.3 Å². The minimum Gasteiger partial charge on any atom is -0.497 e. The fourth-order valence-corrected chi connectivity index (χ4v) is 5.89. The van der Waals surface area contributed by atoms with Gasteiger partial charge < -0.3 is 14.2 Å². The first-order valence-corrected chi connectivity index (χ1v) is 13.5. The molecule has 10 nitrogen and oxygen atoms in total. The third kappa shape index (κ3) is 4.62. The smallest absolute Gasteiger partial charge is 0.338 e. The van der Waals surface area contributed by atoms with E-state index in [9.17, 15) is 14.4 Å². The second kappa shape index (κ2) is 10.9. The lowest BCUT2D eigenvalue weighted by Crippen LogP contribution is -2.40. The van der Waals surface area contributed by atoms with Crippen molar-refractivity contribution in [1.29, 1.82) is 0 Å². The normalized spacial score (nSPS) is 18.8. The summed E-state index contributed by atoms with van der Waals surface area (Å²) in [5, 5.41) is 5.79. The fourth-order valence-electron chi connectivity index (χ4n) is 4.83. The van der Waals surface area contributed by atoms with Crippen LogP contribution in [0.1, 0.15) is 32.4 Å². The third-order valence-electron chi connectivity index (χ3n) is 6.75. The predicted octanol–water partition coefficient (Wildman–Crippen LogP) is 2.81. The molecule has 1 amide bonds. The molecule has 0 saturated carbocycles. The maximum atomic E-state index is 14.0. The Bertz CT molecular complexity index is 1740. The maximum absolute atomic E-state index is 14.0. The number of carbonyl (C=O) groups excluding carboxylic acids is 2. The molecule has 2 aliphatic heterocycles. The SMILES string of the molecule is CCOC(=O)C1=C(C)N=c2s/c(=C/[C@H]3C(=O)N(c4ccccc4)N=C3C)c(=O)n2[C@H]1c1cc(OC)ccc1OC. The van der Waals surface area contributed by atoms with E-state index in [4.69, 9.17) is 14.2 Å². The zero-order valence-corrected chi connectivity index (χ0v) is 23.5. The molecule has 1 aromatic heterocycles. The summed E-state index contributed by atoms with van der Waals surface area (Å²) in [6, 6.07) is 13.4. The van der Waals surface area contributed by atoms with Crippen molar-refractivity contribution < 1.29 is 23.8 Å². The maximum Gasteiger partial charge on any atom is 0.338 e. The minimum atomic E-state index is -0.891. The molecule has 0 aliphatic carbocycles. The van der Waals surface area contributed by atoms with Crippen LogP contribution in [-0.2, 0) is 14.3 Å². The molecule has 0 bridgehead atoms. The number of ether oxygens (including phenoxy) is 3. The van der Waals surface area contributed by atoms with E-state index in [0.717, 1.165) is 11.3 Å². The van der Waals surface area contributed by atoms with Crippen molar-refractivity contribution in [1.82, 2.24) is 4.57 Å². The van der Waals surface area contributed by atoms with Gasteiger partial charge in [-0.3, -0.25) is 14.2 Å². The number of hydrogen-bond acceptors (Lipinski definition) is 9. The number of benzene rings is 2. The van der Waals surface area contributed by atoms with Crippen molar-refractivity contribution in [2.45, 2.75) is 26.8 Å². The Kier molecular flexibility index (Phi) is 7.40. The number of nitrogens with zero attached hydrogens (tertiary/aromatic N) is 4. The summed E-state index contributed by atoms with van der Waals surface area (Å²) < 4.78 is 18.2. The zero-order valence-electron chi connectivity index (χ0n) is 22.7. The number of esters is 1. The first-order valence-electron chi connectivity index (χ1n) is 12.6. The minimum absolute atomic E-state index is 0.155. The first-order chi connectivity index (χ1) is 19.3. The number of allylic oxidation sites excluding steroid dienone is 1. The average Bonchev–Trinajstić information content (AvgIpc) is 3.42. The van der Waals surface area contributed by atoms with Gasteiger partial charge in [0, 0.05) is 5.56 Å². The highest BCUT2D eigenvalue weighted by molar-refractivity contribution is 7.07. The summed E-state index contributed by atoms with van der Waals surface area (Å²) in [5.41, 5.74) is 1.99. The standard InChI is InChI=1S/C29H28N4O6S/c1-6-39-28(36)24-17(3)30-29-32(25(24)21-14-19(37-4)12-13-22(21)38-5)27(35)23(40-29)15-20-16(2)31-33(26(20)34)18-10-8-7-9-11-18/h7-15,20,25H,6H2,1-5H3/b23-15+/t20-,25+/m1/s1. The lowest BCUT2D eigenvalue weighted by molar-refractivity contribution is -0.139. The fraction of sp³-hybridized carbons (Fsp3) is 0.276. The molecule has 3 heterocycles. The van der Waals surface area contributed by atoms with Crippen LogP contribution in [0.5, 0.6) is 11.5 Å². The van der Waals surface area contributed by atoms with Crippen molar-refractivity contribution in [3.63, 3.8) is 0 Å². The molecule has 3 aromatic rings. The van der Waals surface area contributed by atoms with Crippen molar-refractivity contribution in [3.05, 3.63) is 85.1 Å². The van der Waals surface area contributed by atoms with E-state index in [1.54, 1.807) is 57.2 Å². The number of hydrogen-bond donors (Lipinski definition) is 0. The van der Waals surface area contributed by atoms with E-state index >= 15 is 0 Å². The van der Waals surface area contributed by atoms with Crippen molar-refractivity contribution in [2.75, 3.05) is 25.8 Å². The molecule has 11 heteroatoms. The number of anilines is 1. The molecule has 0 radical (unpaired) electrons. The molecular formula is C29H28N4O6S. The van der Waals surface area contributed by atoms with E-state index in [2.05, 4.69) is 10.1 Å². The van der Waals surface area contributed by atoms with Gasteiger partial charge in [0.05, 0.1) is 48.0 Å². The number of amides is 1. The Hall–Kier alpha value is -4.51. The van der Waals surface area contributed by atoms with Gasteiger partial charge in [0.1, 0.15) is 23.5 Å². The van der Waals surface area contributed by atoms with Gasteiger partial charge in [0.25, 0.3) is 11.5 Å². The Balaban J connectivity index is 1.68. The molecule has 40 heavy (non-hydrogen) atoms. The highest BCUT2D eigenvalue weighted by Gasteiger charge is 2.37. The number of hydrazone groups is 1. The van der Waals surface area contributed by atoms with Crippen LogP contribution in [0.2, 0.25) is 0 Å². The molecule has 0 saturated heterocycles. The molecule has 2 atom stereocenters. The van der Waals surface area contributed by atoms with Crippen molar-refractivity contribution in [2.24, 2.45) is 16.0 Å². The molecule has 2 aromatic carbocycles. The lowest BCUT2D eigenvalue weighted by atomic mass is 9.94. The van der Waals surface area contributed by atoms with Crippen LogP contribution in [0.4, 0.5) is 5.69 Å². The number of rotatable bonds is 7. The molecular weight excluding hydrogens is 532 g/mol. The second-order valence-corrected chi connectivity index (χ2v) is 10.1. The van der Waals surface area contributed by atoms with Gasteiger partial charge in [-0.2, -0.15) is 10.1 Å². The lowest BCUT2D eigenvalue weighted by Gasteiger charge is -2.26. The number of para-hydroxylation sites is 1. The number of thiazole rings is 1. The Morgan fingerprint density at radius 1 is 1.07 bits per heavy atom. The summed E-state index contributed by atoms with van der Waals surface area (Å²) in [6.45, 7) is 5.33. The van der Waals surface area contributed by atoms with Gasteiger partial charge in [0.15, 0.2) is 4.80 Å². The van der Waals surface area contributed by atoms with Crippen LogP contribution in [0, 0.1) is 5.92 Å². The zero-order chi connectivity index (χ0) is 28.6. The van der Waals surface area contributed by atoms with E-state index in [1.807, 2.05) is 18.2 Å². The van der Waals surface area contributed by atoms with E-state index in [1.165, 1.54) is 23.8 Å². The molecule has 2 aliphatic rings. The molecule has 0 unspecified atom stereocenters. The molecule has 5 rings (SSSR count). The van der Waals surface area contributed by atoms with Crippen molar-refractivity contribution in [3.8, 4) is 11.5 Å². The topological polar surface area (TPSA) is 112 Å². The van der Waals surface area contributed by atoms with E-state index < -0.39 is 23.5 Å². The van der Waals surface area contributed by atoms with Gasteiger partial charge in [0.2, 0.25) is 0 Å². The number of methoxy groups -OCH3 is 2. The molecule has 0 fully saturated rings. The second-order valence-electron chi connectivity index (χ2n) is 9.14. The first kappa shape index (κ1) is 27.1. The highest BCUT2D eigenvalue weighted by Crippen LogP contribution is 2.38. The summed E-state index contributed by atoms with van der Waals surface area (Å²) in [7, 11) is 3.05. The molecule has 206 valence electrons. The summed E-state index contributed by atoms with van der Waals surface area (Å²) in [5.74, 6) is -0.578. The van der Waals surface area contributed by atoms with Gasteiger partial charge in [-0.05, 0) is 57.2 Å². The van der Waals surface area contributed by atoms with Gasteiger partial charge in [-0.25, -0.2) is 9.79 Å². The number of carbonyl (C=O) groups is 2. The highest BCUT2D eigenvalue weighted by atomic mass is 32.1. The van der Waals surface area contributed by atoms with Gasteiger partial charge >= 0.3 is 5.97 Å². The van der Waals surface area contributed by atoms with Crippen LogP contribution in [-0.4, -0.2) is 43.0 Å². The van der Waals surface area contributed by atoms with Crippen molar-refractivity contribution >= 4 is 40.7 Å². The summed E-state index contributed by atoms with van der Waals surface area (Å²) in [4.78, 5) is 45.5. The van der Waals surface area contributed by atoms with E-state index in [0.29, 0.717) is 43.5 Å². The van der Waals surface area contributed by atoms with Gasteiger partial charge in [-0.15, -0.1) is 0 Å². The van der Waals surface area contributed by atoms with Crippen LogP contribution in [0.15, 0.2) is 74.7 Å². The van der Waals surface area contributed by atoms with E-state index in [-0.39, 0.29) is 18.1 Å².